The molecular weight excluding hydrogens is 630 g/mol. The summed E-state index contributed by atoms with van der Waals surface area (Å²) in [5.41, 5.74) is 2.51. The number of hydrogen-bond donors (Lipinski definition) is 1. The van der Waals surface area contributed by atoms with Gasteiger partial charge in [0, 0.05) is 47.6 Å². The van der Waals surface area contributed by atoms with E-state index in [2.05, 4.69) is 25.3 Å². The second-order valence-electron chi connectivity index (χ2n) is 11.8. The lowest BCUT2D eigenvalue weighted by Gasteiger charge is -2.26. The van der Waals surface area contributed by atoms with Gasteiger partial charge in [0.25, 0.3) is 5.91 Å². The van der Waals surface area contributed by atoms with Crippen molar-refractivity contribution in [3.8, 4) is 34.3 Å². The molecule has 3 aromatic carbocycles. The number of nitrogens with one attached hydrogen (secondary N) is 1. The van der Waals surface area contributed by atoms with Crippen LogP contribution in [0.25, 0.3) is 27.8 Å². The van der Waals surface area contributed by atoms with Gasteiger partial charge >= 0.3 is 0 Å². The zero-order valence-electron chi connectivity index (χ0n) is 26.9. The van der Waals surface area contributed by atoms with Crippen LogP contribution in [-0.4, -0.2) is 63.7 Å². The fourth-order valence-corrected chi connectivity index (χ4v) is 5.97. The number of aromatic nitrogens is 4. The molecule has 12 heteroatoms. The molecule has 0 aliphatic carbocycles. The first-order chi connectivity index (χ1) is 23.9. The predicted octanol–water partition coefficient (Wildman–Crippen LogP) is 7.53. The largest absolute Gasteiger partial charge is 0.493 e. The van der Waals surface area contributed by atoms with Crippen molar-refractivity contribution in [2.75, 3.05) is 38.7 Å². The van der Waals surface area contributed by atoms with Gasteiger partial charge in [0.15, 0.2) is 28.7 Å². The number of methoxy groups -OCH3 is 1. The number of hydrogen-bond acceptors (Lipinski definition) is 8. The summed E-state index contributed by atoms with van der Waals surface area (Å²) in [6, 6.07) is 18.4. The van der Waals surface area contributed by atoms with Crippen LogP contribution in [0.3, 0.4) is 0 Å². The molecule has 10 nitrogen and oxygen atoms in total. The van der Waals surface area contributed by atoms with Gasteiger partial charge in [-0.1, -0.05) is 6.42 Å². The Balaban J connectivity index is 1.05. The van der Waals surface area contributed by atoms with Crippen LogP contribution in [0.4, 0.5) is 14.5 Å². The molecule has 1 aliphatic heterocycles. The van der Waals surface area contributed by atoms with Crippen LogP contribution < -0.4 is 19.5 Å². The molecule has 0 radical (unpaired) electrons. The predicted molar refractivity (Wildman–Crippen MR) is 182 cm³/mol. The third kappa shape index (κ3) is 7.14. The summed E-state index contributed by atoms with van der Waals surface area (Å²) >= 11 is 0. The Hall–Kier alpha value is -5.62. The summed E-state index contributed by atoms with van der Waals surface area (Å²) in [7, 11) is 1.57. The second kappa shape index (κ2) is 14.2. The summed E-state index contributed by atoms with van der Waals surface area (Å²) in [6.07, 6.45) is 7.86. The zero-order chi connectivity index (χ0) is 33.7. The number of benzene rings is 3. The van der Waals surface area contributed by atoms with E-state index in [4.69, 9.17) is 14.2 Å². The number of carbonyl (C=O) groups excluding carboxylic acids is 1. The highest BCUT2D eigenvalue weighted by atomic mass is 19.1. The lowest BCUT2D eigenvalue weighted by atomic mass is 10.1. The summed E-state index contributed by atoms with van der Waals surface area (Å²) in [5, 5.41) is 7.58. The van der Waals surface area contributed by atoms with Gasteiger partial charge in [0.1, 0.15) is 17.3 Å². The maximum Gasteiger partial charge on any atom is 0.274 e. The molecule has 0 atom stereocenters. The summed E-state index contributed by atoms with van der Waals surface area (Å²) in [5.74, 6) is -0.191. The number of rotatable bonds is 11. The van der Waals surface area contributed by atoms with Gasteiger partial charge in [0.2, 0.25) is 0 Å². The smallest absolute Gasteiger partial charge is 0.274 e. The molecule has 0 spiro atoms. The summed E-state index contributed by atoms with van der Waals surface area (Å²) < 4.78 is 48.2. The number of halogens is 2. The minimum absolute atomic E-state index is 0.0418. The Morgan fingerprint density at radius 1 is 0.878 bits per heavy atom. The fraction of sp³-hybridized carbons (Fsp3) is 0.243. The Morgan fingerprint density at radius 3 is 2.51 bits per heavy atom. The Morgan fingerprint density at radius 2 is 1.71 bits per heavy atom. The van der Waals surface area contributed by atoms with Gasteiger partial charge < -0.3 is 24.4 Å². The van der Waals surface area contributed by atoms with Crippen molar-refractivity contribution < 1.29 is 27.8 Å². The third-order valence-corrected chi connectivity index (χ3v) is 8.45. The van der Waals surface area contributed by atoms with Gasteiger partial charge in [-0.3, -0.25) is 9.78 Å². The van der Waals surface area contributed by atoms with E-state index in [9.17, 15) is 9.18 Å². The highest BCUT2D eigenvalue weighted by Crippen LogP contribution is 2.38. The van der Waals surface area contributed by atoms with Crippen LogP contribution in [0.15, 0.2) is 85.2 Å². The standard InChI is InChI=1S/C37H34F2N6O4/c1-47-34-21-27-29(23-35(34)48-19-5-18-44-16-3-2-4-17-44)40-14-12-32(27)49-33-11-10-26(20-28(33)39)42-37(46)30-22-31(24-6-8-25(38)9-7-24)45-36(43-30)13-15-41-45/h6-15,20-23H,2-5,16-19H2,1H3,(H,42,46). The first kappa shape index (κ1) is 32.0. The number of anilines is 1. The van der Waals surface area contributed by atoms with Crippen molar-refractivity contribution in [1.82, 2.24) is 24.5 Å². The van der Waals surface area contributed by atoms with Crippen LogP contribution >= 0.6 is 0 Å². The topological polar surface area (TPSA) is 103 Å². The molecule has 7 rings (SSSR count). The van der Waals surface area contributed by atoms with Crippen molar-refractivity contribution >= 4 is 28.1 Å². The van der Waals surface area contributed by atoms with E-state index in [-0.39, 0.29) is 22.9 Å². The number of ether oxygens (including phenoxy) is 3. The first-order valence-electron chi connectivity index (χ1n) is 16.2. The quantitative estimate of drug-likeness (QED) is 0.142. The molecule has 4 heterocycles. The summed E-state index contributed by atoms with van der Waals surface area (Å²) in [6.45, 7) is 3.83. The average molecular weight is 665 g/mol. The molecule has 0 unspecified atom stereocenters. The molecule has 1 N–H and O–H groups in total. The first-order valence-corrected chi connectivity index (χ1v) is 16.2. The maximum absolute atomic E-state index is 15.4. The number of pyridine rings is 1. The number of fused-ring (bicyclic) bond motifs is 2. The van der Waals surface area contributed by atoms with Crippen molar-refractivity contribution in [3.63, 3.8) is 0 Å². The highest BCUT2D eigenvalue weighted by molar-refractivity contribution is 6.03. The Kier molecular flexibility index (Phi) is 9.29. The van der Waals surface area contributed by atoms with Crippen LogP contribution in [0.5, 0.6) is 23.0 Å². The van der Waals surface area contributed by atoms with Gasteiger partial charge in [-0.05, 0) is 86.9 Å². The van der Waals surface area contributed by atoms with Gasteiger partial charge in [0.05, 0.1) is 31.1 Å². The normalized spacial score (nSPS) is 13.4. The molecular formula is C37H34F2N6O4. The number of carbonyl (C=O) groups is 1. The average Bonchev–Trinajstić information content (AvgIpc) is 3.60. The number of likely N-dealkylation sites (tertiary alicyclic amines) is 1. The maximum atomic E-state index is 15.4. The van der Waals surface area contributed by atoms with E-state index in [1.807, 2.05) is 0 Å². The van der Waals surface area contributed by atoms with Crippen LogP contribution in [0, 0.1) is 11.6 Å². The molecule has 6 aromatic rings. The van der Waals surface area contributed by atoms with Crippen molar-refractivity contribution in [1.29, 1.82) is 0 Å². The zero-order valence-corrected chi connectivity index (χ0v) is 26.9. The molecule has 1 saturated heterocycles. The molecule has 0 bridgehead atoms. The Labute approximate surface area is 281 Å². The van der Waals surface area contributed by atoms with E-state index in [0.29, 0.717) is 51.7 Å². The minimum atomic E-state index is -0.686. The van der Waals surface area contributed by atoms with Crippen molar-refractivity contribution in [2.24, 2.45) is 0 Å². The van der Waals surface area contributed by atoms with Crippen molar-refractivity contribution in [3.05, 3.63) is 103 Å². The molecule has 1 aliphatic rings. The van der Waals surface area contributed by atoms with Crippen LogP contribution in [0.2, 0.25) is 0 Å². The molecule has 1 amide bonds. The monoisotopic (exact) mass is 664 g/mol. The molecule has 250 valence electrons. The van der Waals surface area contributed by atoms with Crippen LogP contribution in [0.1, 0.15) is 36.2 Å². The van der Waals surface area contributed by atoms with Crippen molar-refractivity contribution in [2.45, 2.75) is 25.7 Å². The highest BCUT2D eigenvalue weighted by Gasteiger charge is 2.18. The fourth-order valence-electron chi connectivity index (χ4n) is 5.97. The van der Waals surface area contributed by atoms with Gasteiger partial charge in [-0.2, -0.15) is 5.10 Å². The molecule has 1 fully saturated rings. The SMILES string of the molecule is COc1cc2c(Oc3ccc(NC(=O)c4cc(-c5ccc(F)cc5)n5nccc5n4)cc3F)ccnc2cc1OCCCN1CCCCC1. The molecule has 49 heavy (non-hydrogen) atoms. The lowest BCUT2D eigenvalue weighted by molar-refractivity contribution is 0.102. The van der Waals surface area contributed by atoms with E-state index >= 15 is 4.39 Å². The number of amides is 1. The number of nitrogens with zero attached hydrogens (tertiary/aromatic N) is 5. The number of piperidine rings is 1. The minimum Gasteiger partial charge on any atom is -0.493 e. The van der Waals surface area contributed by atoms with Gasteiger partial charge in [-0.15, -0.1) is 0 Å². The third-order valence-electron chi connectivity index (χ3n) is 8.45. The van der Waals surface area contributed by atoms with E-state index in [1.54, 1.807) is 66.5 Å². The lowest BCUT2D eigenvalue weighted by Crippen LogP contribution is -2.31. The molecule has 3 aromatic heterocycles. The van der Waals surface area contributed by atoms with E-state index in [0.717, 1.165) is 26.1 Å². The van der Waals surface area contributed by atoms with E-state index < -0.39 is 11.7 Å². The van der Waals surface area contributed by atoms with Crippen LogP contribution in [-0.2, 0) is 0 Å². The van der Waals surface area contributed by atoms with Gasteiger partial charge in [-0.25, -0.2) is 18.3 Å². The Bertz CT molecular complexity index is 2120. The summed E-state index contributed by atoms with van der Waals surface area (Å²) in [4.78, 5) is 24.6. The molecule has 0 saturated carbocycles. The van der Waals surface area contributed by atoms with E-state index in [1.165, 1.54) is 49.6 Å². The second-order valence-corrected chi connectivity index (χ2v) is 11.8.